The summed E-state index contributed by atoms with van der Waals surface area (Å²) in [6.45, 7) is 14.4. The van der Waals surface area contributed by atoms with E-state index >= 15 is 0 Å². The van der Waals surface area contributed by atoms with Gasteiger partial charge in [-0.1, -0.05) is 52.0 Å². The van der Waals surface area contributed by atoms with E-state index in [0.717, 1.165) is 22.7 Å². The molecule has 2 heterocycles. The Morgan fingerprint density at radius 3 is 2.59 bits per heavy atom. The Hall–Kier alpha value is -2.43. The summed E-state index contributed by atoms with van der Waals surface area (Å²) >= 11 is 6.64. The van der Waals surface area contributed by atoms with Gasteiger partial charge in [-0.05, 0) is 59.8 Å². The fraction of sp³-hybridized carbons (Fsp3) is 0.643. The van der Waals surface area contributed by atoms with Gasteiger partial charge in [-0.2, -0.15) is 0 Å². The molecular weight excluding hydrogens is 534 g/mol. The molecule has 1 amide bonds. The molecule has 0 aliphatic heterocycles. The lowest BCUT2D eigenvalue weighted by Gasteiger charge is -2.62. The van der Waals surface area contributed by atoms with E-state index in [1.54, 1.807) is 12.4 Å². The number of pyridine rings is 1. The first-order valence-electron chi connectivity index (χ1n) is 13.8. The Morgan fingerprint density at radius 2 is 1.95 bits per heavy atom. The molecule has 2 aromatic heterocycles. The summed E-state index contributed by atoms with van der Waals surface area (Å²) < 4.78 is 12.7. The third kappa shape index (κ3) is 7.02. The Labute approximate surface area is 237 Å². The van der Waals surface area contributed by atoms with Crippen LogP contribution < -0.4 is 20.9 Å². The molecule has 2 aromatic rings. The number of halogens is 1. The normalized spacial score (nSPS) is 23.6. The summed E-state index contributed by atoms with van der Waals surface area (Å²) in [7, 11) is -1.25. The molecule has 3 aliphatic rings. The fourth-order valence-corrected chi connectivity index (χ4v) is 6.80. The lowest BCUT2D eigenvalue weighted by Crippen LogP contribution is -2.58. The number of hydrogen-bond donors (Lipinski definition) is 2. The first-order valence-corrected chi connectivity index (χ1v) is 17.9. The average Bonchev–Trinajstić information content (AvgIpc) is 2.88. The number of carbonyl (C=O) groups is 1. The number of aromatic nitrogens is 3. The molecule has 0 unspecified atom stereocenters. The van der Waals surface area contributed by atoms with Crippen molar-refractivity contribution >= 4 is 31.3 Å². The van der Waals surface area contributed by atoms with Crippen LogP contribution in [0.15, 0.2) is 29.3 Å². The van der Waals surface area contributed by atoms with Crippen molar-refractivity contribution in [3.05, 3.63) is 45.5 Å². The molecule has 3 aliphatic carbocycles. The second-order valence-corrected chi connectivity index (χ2v) is 18.8. The minimum absolute atomic E-state index is 0.0204. The first-order chi connectivity index (χ1) is 18.4. The summed E-state index contributed by atoms with van der Waals surface area (Å²) in [5.74, 6) is 1.45. The molecule has 9 nitrogen and oxygen atoms in total. The van der Waals surface area contributed by atoms with E-state index in [-0.39, 0.29) is 36.2 Å². The lowest BCUT2D eigenvalue weighted by molar-refractivity contribution is -0.122. The largest absolute Gasteiger partial charge is 0.448 e. The van der Waals surface area contributed by atoms with Crippen LogP contribution in [-0.4, -0.2) is 48.2 Å². The molecule has 0 spiro atoms. The number of carbonyl (C=O) groups excluding carboxylic acids is 1. The molecular formula is C28H42ClN5O4Si. The van der Waals surface area contributed by atoms with Gasteiger partial charge in [0.1, 0.15) is 17.3 Å². The molecule has 2 bridgehead atoms. The van der Waals surface area contributed by atoms with Gasteiger partial charge in [0.2, 0.25) is 5.91 Å². The summed E-state index contributed by atoms with van der Waals surface area (Å²) in [5, 5.41) is 10.7. The standard InChI is InChI=1S/C28H42ClN5O4Si/c1-18-21-13-20(28(21,2)3)14-22(18)32-25-24(29)27(36)34(16-23(35)31-15-19-7-9-30-10-8-19)33-26(25)38-17-37-11-12-39(4,5)6/h7-10,18,20-22,32H,11-17H2,1-6H3,(H,31,35)/t18-,20+,21-,22-/m1/s1. The minimum atomic E-state index is -1.25. The quantitative estimate of drug-likeness (QED) is 0.213. The summed E-state index contributed by atoms with van der Waals surface area (Å²) in [6, 6.07) is 4.78. The van der Waals surface area contributed by atoms with E-state index in [1.165, 1.54) is 6.42 Å². The van der Waals surface area contributed by atoms with Crippen LogP contribution in [0.2, 0.25) is 30.7 Å². The van der Waals surface area contributed by atoms with Gasteiger partial charge in [-0.3, -0.25) is 14.6 Å². The van der Waals surface area contributed by atoms with Crippen LogP contribution in [0, 0.1) is 23.2 Å². The maximum absolute atomic E-state index is 13.2. The van der Waals surface area contributed by atoms with Crippen molar-refractivity contribution < 1.29 is 14.3 Å². The van der Waals surface area contributed by atoms with E-state index in [0.29, 0.717) is 42.0 Å². The number of ether oxygens (including phenoxy) is 2. The maximum atomic E-state index is 13.2. The lowest BCUT2D eigenvalue weighted by atomic mass is 9.45. The smallest absolute Gasteiger partial charge is 0.288 e. The van der Waals surface area contributed by atoms with Crippen LogP contribution in [0.1, 0.15) is 39.2 Å². The Bertz CT molecular complexity index is 1220. The second kappa shape index (κ2) is 12.0. The predicted octanol–water partition coefficient (Wildman–Crippen LogP) is 4.78. The molecule has 0 saturated heterocycles. The summed E-state index contributed by atoms with van der Waals surface area (Å²) in [5.41, 5.74) is 1.06. The van der Waals surface area contributed by atoms with E-state index in [1.807, 2.05) is 12.1 Å². The molecule has 39 heavy (non-hydrogen) atoms. The van der Waals surface area contributed by atoms with Crippen molar-refractivity contribution in [3.8, 4) is 5.88 Å². The molecule has 5 rings (SSSR count). The molecule has 3 saturated carbocycles. The van der Waals surface area contributed by atoms with Gasteiger partial charge in [-0.25, -0.2) is 4.68 Å². The average molecular weight is 576 g/mol. The second-order valence-electron chi connectivity index (χ2n) is 12.8. The summed E-state index contributed by atoms with van der Waals surface area (Å²) in [6.07, 6.45) is 5.55. The maximum Gasteiger partial charge on any atom is 0.288 e. The zero-order chi connectivity index (χ0) is 28.4. The molecule has 0 aromatic carbocycles. The van der Waals surface area contributed by atoms with Crippen molar-refractivity contribution in [1.82, 2.24) is 20.1 Å². The zero-order valence-corrected chi connectivity index (χ0v) is 25.7. The van der Waals surface area contributed by atoms with Gasteiger partial charge < -0.3 is 20.1 Å². The van der Waals surface area contributed by atoms with Crippen molar-refractivity contribution in [2.45, 2.75) is 78.4 Å². The number of nitrogens with one attached hydrogen (secondary N) is 2. The zero-order valence-electron chi connectivity index (χ0n) is 23.9. The highest BCUT2D eigenvalue weighted by molar-refractivity contribution is 6.76. The van der Waals surface area contributed by atoms with Crippen LogP contribution in [0.5, 0.6) is 5.88 Å². The molecule has 2 N–H and O–H groups in total. The number of hydrogen-bond acceptors (Lipinski definition) is 7. The van der Waals surface area contributed by atoms with E-state index in [9.17, 15) is 9.59 Å². The SMILES string of the molecule is C[C@@H]1[C@H]2C[C@@H](C[C@H]1Nc1c(OCOCC[Si](C)(C)C)nn(CC(=O)NCc3ccncc3)c(=O)c1Cl)C2(C)C. The Morgan fingerprint density at radius 1 is 1.23 bits per heavy atom. The van der Waals surface area contributed by atoms with Gasteiger partial charge in [0.25, 0.3) is 11.4 Å². The van der Waals surface area contributed by atoms with Crippen LogP contribution in [-0.2, 0) is 22.6 Å². The highest BCUT2D eigenvalue weighted by Crippen LogP contribution is 2.61. The van der Waals surface area contributed by atoms with Crippen molar-refractivity contribution in [2.75, 3.05) is 18.7 Å². The first kappa shape index (κ1) is 29.5. The van der Waals surface area contributed by atoms with Crippen LogP contribution in [0.25, 0.3) is 0 Å². The predicted molar refractivity (Wildman–Crippen MR) is 156 cm³/mol. The van der Waals surface area contributed by atoms with Gasteiger partial charge in [-0.15, -0.1) is 5.10 Å². The van der Waals surface area contributed by atoms with Gasteiger partial charge in [0.15, 0.2) is 6.79 Å². The monoisotopic (exact) mass is 575 g/mol. The molecule has 3 fully saturated rings. The highest BCUT2D eigenvalue weighted by atomic mass is 35.5. The van der Waals surface area contributed by atoms with E-state index in [4.69, 9.17) is 21.1 Å². The number of nitrogens with zero attached hydrogens (tertiary/aromatic N) is 3. The summed E-state index contributed by atoms with van der Waals surface area (Å²) in [4.78, 5) is 29.8. The molecule has 4 atom stereocenters. The number of amides is 1. The van der Waals surface area contributed by atoms with E-state index in [2.05, 4.69) is 61.1 Å². The Kier molecular flexibility index (Phi) is 9.07. The van der Waals surface area contributed by atoms with Crippen molar-refractivity contribution in [1.29, 1.82) is 0 Å². The number of anilines is 1. The van der Waals surface area contributed by atoms with Gasteiger partial charge in [0, 0.05) is 39.7 Å². The van der Waals surface area contributed by atoms with Gasteiger partial charge in [0.05, 0.1) is 0 Å². The Balaban J connectivity index is 1.50. The molecule has 214 valence electrons. The van der Waals surface area contributed by atoms with Crippen molar-refractivity contribution in [3.63, 3.8) is 0 Å². The number of rotatable bonds is 12. The third-order valence-electron chi connectivity index (χ3n) is 8.56. The minimum Gasteiger partial charge on any atom is -0.448 e. The van der Waals surface area contributed by atoms with Gasteiger partial charge >= 0.3 is 0 Å². The fourth-order valence-electron chi connectivity index (χ4n) is 5.81. The molecule has 11 heteroatoms. The van der Waals surface area contributed by atoms with Crippen molar-refractivity contribution in [2.24, 2.45) is 23.2 Å². The van der Waals surface area contributed by atoms with Crippen LogP contribution in [0.4, 0.5) is 5.69 Å². The van der Waals surface area contributed by atoms with E-state index < -0.39 is 13.6 Å². The highest BCUT2D eigenvalue weighted by Gasteiger charge is 2.56. The third-order valence-corrected chi connectivity index (χ3v) is 10.6. The number of fused-ring (bicyclic) bond motifs is 2. The van der Waals surface area contributed by atoms with Crippen LogP contribution >= 0.6 is 11.6 Å². The topological polar surface area (TPSA) is 107 Å². The molecule has 0 radical (unpaired) electrons. The van der Waals surface area contributed by atoms with Crippen LogP contribution in [0.3, 0.4) is 0 Å².